The van der Waals surface area contributed by atoms with Crippen LogP contribution >= 0.6 is 0 Å². The molecule has 1 fully saturated rings. The number of aliphatic imine (C=N–C) groups is 1. The zero-order chi connectivity index (χ0) is 17.1. The molecule has 0 radical (unpaired) electrons. The van der Waals surface area contributed by atoms with E-state index in [-0.39, 0.29) is 18.2 Å². The van der Waals surface area contributed by atoms with Crippen molar-refractivity contribution in [3.63, 3.8) is 0 Å². The van der Waals surface area contributed by atoms with E-state index in [2.05, 4.69) is 15.6 Å². The molecule has 0 aliphatic carbocycles. The van der Waals surface area contributed by atoms with Crippen molar-refractivity contribution in [3.8, 4) is 0 Å². The lowest BCUT2D eigenvalue weighted by Crippen LogP contribution is -2.53. The summed E-state index contributed by atoms with van der Waals surface area (Å²) in [6.07, 6.45) is 0.0600. The van der Waals surface area contributed by atoms with Crippen LogP contribution in [0.25, 0.3) is 0 Å². The molecule has 128 valence electrons. The molecule has 0 aromatic heterocycles. The van der Waals surface area contributed by atoms with Gasteiger partial charge in [-0.1, -0.05) is 6.07 Å². The summed E-state index contributed by atoms with van der Waals surface area (Å²) in [5.74, 6) is 0.0142. The van der Waals surface area contributed by atoms with Crippen LogP contribution < -0.4 is 10.6 Å². The van der Waals surface area contributed by atoms with Crippen molar-refractivity contribution in [2.75, 3.05) is 31.6 Å². The summed E-state index contributed by atoms with van der Waals surface area (Å²) in [5.41, 5.74) is 2.99. The SMILES string of the molecule is Cc1ccc(NC(=O)C2CC(=O)NC(N3CCOCC3)=N2)cc1C. The molecule has 3 rings (SSSR count). The van der Waals surface area contributed by atoms with E-state index in [4.69, 9.17) is 4.74 Å². The molecule has 2 N–H and O–H groups in total. The number of rotatable bonds is 2. The maximum absolute atomic E-state index is 12.5. The summed E-state index contributed by atoms with van der Waals surface area (Å²) in [4.78, 5) is 30.8. The molecular weight excluding hydrogens is 308 g/mol. The van der Waals surface area contributed by atoms with E-state index in [0.717, 1.165) is 16.8 Å². The topological polar surface area (TPSA) is 83.0 Å². The van der Waals surface area contributed by atoms with Crippen molar-refractivity contribution in [2.24, 2.45) is 4.99 Å². The summed E-state index contributed by atoms with van der Waals surface area (Å²) in [5, 5.41) is 5.61. The van der Waals surface area contributed by atoms with E-state index in [1.807, 2.05) is 36.9 Å². The average Bonchev–Trinajstić information content (AvgIpc) is 2.58. The van der Waals surface area contributed by atoms with Gasteiger partial charge in [0.25, 0.3) is 0 Å². The molecular formula is C17H22N4O3. The maximum atomic E-state index is 12.5. The second-order valence-electron chi connectivity index (χ2n) is 6.11. The Hall–Kier alpha value is -2.41. The lowest BCUT2D eigenvalue weighted by molar-refractivity contribution is -0.125. The average molecular weight is 330 g/mol. The number of amides is 2. The zero-order valence-corrected chi connectivity index (χ0v) is 14.0. The molecule has 0 bridgehead atoms. The largest absolute Gasteiger partial charge is 0.378 e. The number of hydrogen-bond donors (Lipinski definition) is 2. The van der Waals surface area contributed by atoms with Gasteiger partial charge in [0.05, 0.1) is 19.6 Å². The first-order chi connectivity index (χ1) is 11.5. The summed E-state index contributed by atoms with van der Waals surface area (Å²) in [7, 11) is 0. The van der Waals surface area contributed by atoms with E-state index in [9.17, 15) is 9.59 Å². The van der Waals surface area contributed by atoms with Crippen molar-refractivity contribution >= 4 is 23.5 Å². The van der Waals surface area contributed by atoms with Gasteiger partial charge in [-0.15, -0.1) is 0 Å². The monoisotopic (exact) mass is 330 g/mol. The van der Waals surface area contributed by atoms with Crippen LogP contribution in [0.3, 0.4) is 0 Å². The zero-order valence-electron chi connectivity index (χ0n) is 14.0. The summed E-state index contributed by atoms with van der Waals surface area (Å²) < 4.78 is 5.30. The molecule has 1 aromatic carbocycles. The van der Waals surface area contributed by atoms with E-state index in [1.165, 1.54) is 0 Å². The van der Waals surface area contributed by atoms with Crippen molar-refractivity contribution < 1.29 is 14.3 Å². The van der Waals surface area contributed by atoms with Gasteiger partial charge in [0, 0.05) is 18.8 Å². The second kappa shape index (κ2) is 7.00. The third-order valence-corrected chi connectivity index (χ3v) is 4.30. The summed E-state index contributed by atoms with van der Waals surface area (Å²) in [6.45, 7) is 6.51. The number of ether oxygens (including phenoxy) is 1. The highest BCUT2D eigenvalue weighted by atomic mass is 16.5. The first-order valence-electron chi connectivity index (χ1n) is 8.11. The Labute approximate surface area is 141 Å². The van der Waals surface area contributed by atoms with Gasteiger partial charge in [0.2, 0.25) is 17.8 Å². The number of carbonyl (C=O) groups excluding carboxylic acids is 2. The fraction of sp³-hybridized carbons (Fsp3) is 0.471. The van der Waals surface area contributed by atoms with Crippen LogP contribution in [0.15, 0.2) is 23.2 Å². The molecule has 2 aliphatic heterocycles. The highest BCUT2D eigenvalue weighted by Gasteiger charge is 2.29. The van der Waals surface area contributed by atoms with Gasteiger partial charge in [-0.3, -0.25) is 14.9 Å². The Morgan fingerprint density at radius 2 is 2.04 bits per heavy atom. The Balaban J connectivity index is 1.72. The van der Waals surface area contributed by atoms with Crippen LogP contribution in [0.2, 0.25) is 0 Å². The summed E-state index contributed by atoms with van der Waals surface area (Å²) >= 11 is 0. The van der Waals surface area contributed by atoms with Crippen molar-refractivity contribution in [1.82, 2.24) is 10.2 Å². The highest BCUT2D eigenvalue weighted by molar-refractivity contribution is 6.06. The Morgan fingerprint density at radius 1 is 1.29 bits per heavy atom. The number of guanidine groups is 1. The maximum Gasteiger partial charge on any atom is 0.249 e. The summed E-state index contributed by atoms with van der Waals surface area (Å²) in [6, 6.07) is 5.03. The molecule has 0 saturated carbocycles. The number of aryl methyl sites for hydroxylation is 2. The Morgan fingerprint density at radius 3 is 2.75 bits per heavy atom. The number of benzene rings is 1. The minimum absolute atomic E-state index is 0.0600. The standard InChI is InChI=1S/C17H22N4O3/c1-11-3-4-13(9-12(11)2)18-16(23)14-10-15(22)20-17(19-14)21-5-7-24-8-6-21/h3-4,9,14H,5-8,10H2,1-2H3,(H,18,23)(H,19,20,22). The Bertz CT molecular complexity index is 680. The van der Waals surface area contributed by atoms with Crippen LogP contribution in [0.4, 0.5) is 5.69 Å². The van der Waals surface area contributed by atoms with E-state index in [0.29, 0.717) is 32.3 Å². The lowest BCUT2D eigenvalue weighted by atomic mass is 10.1. The van der Waals surface area contributed by atoms with Gasteiger partial charge in [-0.25, -0.2) is 4.99 Å². The van der Waals surface area contributed by atoms with Gasteiger partial charge in [0.1, 0.15) is 6.04 Å². The molecule has 1 atom stereocenters. The number of nitrogens with one attached hydrogen (secondary N) is 2. The molecule has 2 aliphatic rings. The van der Waals surface area contributed by atoms with Crippen LogP contribution in [0.5, 0.6) is 0 Å². The quantitative estimate of drug-likeness (QED) is 0.841. The first kappa shape index (κ1) is 16.4. The number of hydrogen-bond acceptors (Lipinski definition) is 5. The van der Waals surface area contributed by atoms with Crippen molar-refractivity contribution in [1.29, 1.82) is 0 Å². The molecule has 24 heavy (non-hydrogen) atoms. The predicted octanol–water partition coefficient (Wildman–Crippen LogP) is 0.819. The molecule has 7 nitrogen and oxygen atoms in total. The number of carbonyl (C=O) groups is 2. The number of nitrogens with zero attached hydrogens (tertiary/aromatic N) is 2. The van der Waals surface area contributed by atoms with Crippen LogP contribution in [-0.4, -0.2) is 55.0 Å². The lowest BCUT2D eigenvalue weighted by Gasteiger charge is -2.32. The molecule has 2 amide bonds. The molecule has 1 saturated heterocycles. The second-order valence-corrected chi connectivity index (χ2v) is 6.11. The number of anilines is 1. The van der Waals surface area contributed by atoms with Gasteiger partial charge in [0.15, 0.2) is 0 Å². The van der Waals surface area contributed by atoms with E-state index in [1.54, 1.807) is 0 Å². The van der Waals surface area contributed by atoms with Crippen LogP contribution in [0.1, 0.15) is 17.5 Å². The fourth-order valence-corrected chi connectivity index (χ4v) is 2.71. The number of morpholine rings is 1. The Kier molecular flexibility index (Phi) is 4.80. The highest BCUT2D eigenvalue weighted by Crippen LogP contribution is 2.16. The first-order valence-corrected chi connectivity index (χ1v) is 8.11. The molecule has 1 unspecified atom stereocenters. The van der Waals surface area contributed by atoms with Crippen molar-refractivity contribution in [2.45, 2.75) is 26.3 Å². The van der Waals surface area contributed by atoms with Crippen LogP contribution in [0, 0.1) is 13.8 Å². The minimum atomic E-state index is -0.710. The van der Waals surface area contributed by atoms with Gasteiger partial charge < -0.3 is 15.0 Å². The molecule has 7 heteroatoms. The van der Waals surface area contributed by atoms with Gasteiger partial charge in [-0.05, 0) is 37.1 Å². The predicted molar refractivity (Wildman–Crippen MR) is 90.9 cm³/mol. The van der Waals surface area contributed by atoms with E-state index >= 15 is 0 Å². The normalized spacial score (nSPS) is 21.1. The van der Waals surface area contributed by atoms with Crippen molar-refractivity contribution in [3.05, 3.63) is 29.3 Å². The molecule has 0 spiro atoms. The van der Waals surface area contributed by atoms with Crippen LogP contribution in [-0.2, 0) is 14.3 Å². The third kappa shape index (κ3) is 3.73. The van der Waals surface area contributed by atoms with Gasteiger partial charge in [-0.2, -0.15) is 0 Å². The van der Waals surface area contributed by atoms with Gasteiger partial charge >= 0.3 is 0 Å². The smallest absolute Gasteiger partial charge is 0.249 e. The molecule has 1 aromatic rings. The molecule has 2 heterocycles. The third-order valence-electron chi connectivity index (χ3n) is 4.30. The fourth-order valence-electron chi connectivity index (χ4n) is 2.71. The minimum Gasteiger partial charge on any atom is -0.378 e. The van der Waals surface area contributed by atoms with E-state index < -0.39 is 6.04 Å².